The van der Waals surface area contributed by atoms with Gasteiger partial charge in [-0.1, -0.05) is 19.4 Å². The molecule has 1 aliphatic heterocycles. The predicted molar refractivity (Wildman–Crippen MR) is 164 cm³/mol. The molecule has 2 aromatic carbocycles. The molecule has 0 spiro atoms. The smallest absolute Gasteiger partial charge is 0.496 e. The third kappa shape index (κ3) is 8.01. The number of aromatic nitrogens is 1. The van der Waals surface area contributed by atoms with Crippen LogP contribution in [0.25, 0.3) is 10.9 Å². The molecule has 0 bridgehead atoms. The van der Waals surface area contributed by atoms with Crippen molar-refractivity contribution in [1.29, 1.82) is 0 Å². The van der Waals surface area contributed by atoms with E-state index in [1.807, 2.05) is 11.8 Å². The average molecular weight is 706 g/mol. The minimum absolute atomic E-state index is 0.0323. The highest BCUT2D eigenvalue weighted by atomic mass is 32.2. The van der Waals surface area contributed by atoms with Crippen LogP contribution in [0, 0.1) is 6.92 Å². The van der Waals surface area contributed by atoms with E-state index in [0.717, 1.165) is 25.7 Å². The zero-order chi connectivity index (χ0) is 35.4. The van der Waals surface area contributed by atoms with Crippen LogP contribution < -0.4 is 8.92 Å². The fourth-order valence-electron chi connectivity index (χ4n) is 5.64. The first-order valence-corrected chi connectivity index (χ1v) is 16.3. The molecule has 11 nitrogen and oxygen atoms in total. The summed E-state index contributed by atoms with van der Waals surface area (Å²) in [4.78, 5) is 28.6. The van der Waals surface area contributed by atoms with Crippen molar-refractivity contribution in [2.75, 3.05) is 47.0 Å². The van der Waals surface area contributed by atoms with E-state index in [2.05, 4.69) is 8.92 Å². The molecule has 48 heavy (non-hydrogen) atoms. The highest BCUT2D eigenvalue weighted by molar-refractivity contribution is 7.88. The largest absolute Gasteiger partial charge is 0.534 e. The summed E-state index contributed by atoms with van der Waals surface area (Å²) in [6, 6.07) is 6.05. The molecule has 1 fully saturated rings. The molecule has 3 aromatic rings. The molecule has 0 amide bonds. The van der Waals surface area contributed by atoms with Gasteiger partial charge in [0.25, 0.3) is 6.43 Å². The molecule has 0 N–H and O–H groups in total. The molecule has 1 aromatic heterocycles. The predicted octanol–water partition coefficient (Wildman–Crippen LogP) is 5.88. The van der Waals surface area contributed by atoms with Crippen LogP contribution in [-0.4, -0.2) is 93.8 Å². The number of fused-ring (bicyclic) bond motifs is 1. The lowest BCUT2D eigenvalue weighted by Crippen LogP contribution is -2.49. The molecule has 1 saturated heterocycles. The van der Waals surface area contributed by atoms with Crippen LogP contribution in [0.4, 0.5) is 26.7 Å². The van der Waals surface area contributed by atoms with E-state index in [1.54, 1.807) is 25.3 Å². The Balaban J connectivity index is 1.80. The summed E-state index contributed by atoms with van der Waals surface area (Å²) in [7, 11) is -3.77. The number of halogens is 5. The highest BCUT2D eigenvalue weighted by Crippen LogP contribution is 2.38. The number of rotatable bonds is 12. The van der Waals surface area contributed by atoms with Crippen molar-refractivity contribution in [3.05, 3.63) is 58.8 Å². The number of ether oxygens (including phenoxy) is 3. The maximum Gasteiger partial charge on any atom is 0.534 e. The number of esters is 1. The van der Waals surface area contributed by atoms with Gasteiger partial charge < -0.3 is 18.4 Å². The molecule has 264 valence electrons. The Labute approximate surface area is 274 Å². The Hall–Kier alpha value is -3.96. The molecule has 2 heterocycles. The Morgan fingerprint density at radius 1 is 1.06 bits per heavy atom. The van der Waals surface area contributed by atoms with Gasteiger partial charge in [-0.05, 0) is 48.7 Å². The van der Waals surface area contributed by atoms with Crippen molar-refractivity contribution in [2.45, 2.75) is 51.2 Å². The van der Waals surface area contributed by atoms with Gasteiger partial charge in [0.05, 0.1) is 32.9 Å². The number of unbranched alkanes of at least 4 members (excludes halogenated alkanes) is 1. The molecule has 0 aliphatic carbocycles. The topological polar surface area (TPSA) is 117 Å². The van der Waals surface area contributed by atoms with Crippen LogP contribution >= 0.6 is 0 Å². The van der Waals surface area contributed by atoms with E-state index in [-0.39, 0.29) is 38.3 Å². The second kappa shape index (κ2) is 15.1. The number of hydrogen-bond donors (Lipinski definition) is 0. The first-order valence-electron chi connectivity index (χ1n) is 14.9. The number of alkyl halides is 5. The third-order valence-corrected chi connectivity index (χ3v) is 8.95. The van der Waals surface area contributed by atoms with E-state index in [1.165, 1.54) is 22.6 Å². The van der Waals surface area contributed by atoms with E-state index in [0.29, 0.717) is 34.2 Å². The molecule has 17 heteroatoms. The average Bonchev–Trinajstić information content (AvgIpc) is 3.48. The maximum atomic E-state index is 13.5. The van der Waals surface area contributed by atoms with E-state index in [9.17, 15) is 40.0 Å². The van der Waals surface area contributed by atoms with Gasteiger partial charge in [-0.15, -0.1) is 0 Å². The lowest BCUT2D eigenvalue weighted by Gasteiger charge is -2.42. The molecule has 0 saturated carbocycles. The van der Waals surface area contributed by atoms with Gasteiger partial charge in [-0.25, -0.2) is 18.4 Å². The second-order valence-corrected chi connectivity index (χ2v) is 12.7. The van der Waals surface area contributed by atoms with Gasteiger partial charge in [0.2, 0.25) is 0 Å². The van der Waals surface area contributed by atoms with Crippen LogP contribution in [0.3, 0.4) is 0 Å². The highest BCUT2D eigenvalue weighted by Gasteiger charge is 2.49. The Morgan fingerprint density at radius 3 is 2.42 bits per heavy atom. The number of hydrogen-bond acceptors (Lipinski definition) is 10. The quantitative estimate of drug-likeness (QED) is 0.0744. The van der Waals surface area contributed by atoms with Gasteiger partial charge >= 0.3 is 27.7 Å². The van der Waals surface area contributed by atoms with Crippen molar-refractivity contribution >= 4 is 33.1 Å². The minimum atomic E-state index is -6.19. The molecular weight excluding hydrogens is 669 g/mol. The van der Waals surface area contributed by atoms with Crippen molar-refractivity contribution in [3.8, 4) is 11.5 Å². The number of aryl methyl sites for hydroxylation is 1. The number of piperazine rings is 1. The molecule has 1 atom stereocenters. The zero-order valence-electron chi connectivity index (χ0n) is 26.7. The lowest BCUT2D eigenvalue weighted by molar-refractivity contribution is -0.0500. The second-order valence-electron chi connectivity index (χ2n) is 11.2. The molecule has 0 radical (unpaired) electrons. The third-order valence-electron chi connectivity index (χ3n) is 7.98. The molecule has 1 unspecified atom stereocenters. The molecular formula is C31H36F5N3O8S. The van der Waals surface area contributed by atoms with Gasteiger partial charge in [0.1, 0.15) is 11.3 Å². The van der Waals surface area contributed by atoms with E-state index in [4.69, 9.17) is 9.47 Å². The monoisotopic (exact) mass is 705 g/mol. The van der Waals surface area contributed by atoms with E-state index >= 15 is 0 Å². The summed E-state index contributed by atoms with van der Waals surface area (Å²) in [6.07, 6.45) is -0.143. The Kier molecular flexibility index (Phi) is 11.6. The summed E-state index contributed by atoms with van der Waals surface area (Å²) < 4.78 is 112. The van der Waals surface area contributed by atoms with Gasteiger partial charge in [-0.2, -0.15) is 21.6 Å². The maximum absolute atomic E-state index is 13.5. The zero-order valence-corrected chi connectivity index (χ0v) is 27.5. The first kappa shape index (κ1) is 36.9. The fraction of sp³-hybridized carbons (Fsp3) is 0.484. The summed E-state index contributed by atoms with van der Waals surface area (Å²) in [5.41, 5.74) is -4.28. The number of methoxy groups -OCH3 is 2. The van der Waals surface area contributed by atoms with Crippen molar-refractivity contribution in [1.82, 2.24) is 14.4 Å². The van der Waals surface area contributed by atoms with Crippen LogP contribution in [0.5, 0.6) is 11.5 Å². The summed E-state index contributed by atoms with van der Waals surface area (Å²) in [6.45, 7) is 3.92. The Bertz CT molecular complexity index is 1750. The van der Waals surface area contributed by atoms with Crippen molar-refractivity contribution < 1.29 is 58.4 Å². The van der Waals surface area contributed by atoms with Crippen LogP contribution in [0.15, 0.2) is 36.5 Å². The Morgan fingerprint density at radius 2 is 1.79 bits per heavy atom. The van der Waals surface area contributed by atoms with Gasteiger partial charge in [0, 0.05) is 49.4 Å². The summed E-state index contributed by atoms with van der Waals surface area (Å²) >= 11 is 0. The SMILES string of the molecule is CCCCOC(=O)n1ccc2c(CN3CCN(CC(F)F)CC3c3ccc(C(=O)OC)c(OS(=O)(=O)C(F)(F)F)c3)c(OC)cc(C)c21. The molecule has 1 aliphatic rings. The lowest BCUT2D eigenvalue weighted by atomic mass is 9.97. The number of benzene rings is 2. The number of carbonyl (C=O) groups excluding carboxylic acids is 2. The summed E-state index contributed by atoms with van der Waals surface area (Å²) in [5, 5.41) is 0.648. The van der Waals surface area contributed by atoms with Crippen molar-refractivity contribution in [3.63, 3.8) is 0 Å². The standard InChI is InChI=1S/C31H36F5N3O8S/c1-5-6-13-46-30(41)39-10-9-21-23(25(44-3)14-19(2)28(21)39)16-38-12-11-37(18-27(32)33)17-24(38)20-7-8-22(29(40)45-4)26(15-20)47-48(42,43)31(34,35)36/h7-10,14-15,24,27H,5-6,11-13,16-18H2,1-4H3. The normalized spacial score (nSPS) is 16.3. The van der Waals surface area contributed by atoms with Gasteiger partial charge in [-0.3, -0.25) is 14.4 Å². The molecule has 4 rings (SSSR count). The van der Waals surface area contributed by atoms with Crippen LogP contribution in [-0.2, 0) is 26.1 Å². The van der Waals surface area contributed by atoms with Gasteiger partial charge in [0.15, 0.2) is 5.75 Å². The van der Waals surface area contributed by atoms with Crippen LogP contribution in [0.1, 0.15) is 52.9 Å². The first-order chi connectivity index (χ1) is 22.6. The fourth-order valence-corrected chi connectivity index (χ4v) is 6.11. The van der Waals surface area contributed by atoms with Crippen molar-refractivity contribution in [2.24, 2.45) is 0 Å². The number of nitrogens with zero attached hydrogens (tertiary/aromatic N) is 3. The number of carbonyl (C=O) groups is 2. The minimum Gasteiger partial charge on any atom is -0.496 e. The van der Waals surface area contributed by atoms with E-state index < -0.39 is 58.0 Å². The van der Waals surface area contributed by atoms with Crippen LogP contribution in [0.2, 0.25) is 0 Å². The summed E-state index contributed by atoms with van der Waals surface area (Å²) in [5.74, 6) is -1.62.